The molecule has 1 saturated heterocycles. The Hall–Kier alpha value is -2.96. The molecule has 3 rings (SSSR count). The zero-order valence-electron chi connectivity index (χ0n) is 17.8. The molecule has 2 N–H and O–H groups in total. The predicted molar refractivity (Wildman–Crippen MR) is 120 cm³/mol. The summed E-state index contributed by atoms with van der Waals surface area (Å²) >= 11 is 0. The molecule has 0 unspecified atom stereocenters. The Balaban J connectivity index is 1.42. The Labute approximate surface area is 188 Å². The van der Waals surface area contributed by atoms with Gasteiger partial charge in [-0.1, -0.05) is 24.6 Å². The minimum Gasteiger partial charge on any atom is -0.382 e. The van der Waals surface area contributed by atoms with Gasteiger partial charge in [0.2, 0.25) is 15.9 Å². The number of nitriles is 1. The van der Waals surface area contributed by atoms with E-state index in [9.17, 15) is 17.6 Å². The van der Waals surface area contributed by atoms with Crippen molar-refractivity contribution in [1.82, 2.24) is 9.62 Å². The van der Waals surface area contributed by atoms with Crippen molar-refractivity contribution < 1.29 is 17.6 Å². The van der Waals surface area contributed by atoms with Crippen LogP contribution in [0.4, 0.5) is 10.1 Å². The number of nitrogens with zero attached hydrogens (tertiary/aromatic N) is 2. The SMILES string of the molecule is N#Cc1c(F)cccc1NCCNC(=O)CCc1ccc(S(=O)(=O)N2CCCCC2)cc1. The number of carbonyl (C=O) groups is 1. The third-order valence-electron chi connectivity index (χ3n) is 5.40. The monoisotopic (exact) mass is 458 g/mol. The third-order valence-corrected chi connectivity index (χ3v) is 7.32. The number of piperidine rings is 1. The number of halogens is 1. The molecule has 32 heavy (non-hydrogen) atoms. The van der Waals surface area contributed by atoms with Crippen LogP contribution in [0.1, 0.15) is 36.8 Å². The highest BCUT2D eigenvalue weighted by atomic mass is 32.2. The Morgan fingerprint density at radius 1 is 1.06 bits per heavy atom. The second-order valence-electron chi connectivity index (χ2n) is 7.66. The van der Waals surface area contributed by atoms with E-state index in [2.05, 4.69) is 10.6 Å². The fourth-order valence-electron chi connectivity index (χ4n) is 3.61. The van der Waals surface area contributed by atoms with Crippen LogP contribution < -0.4 is 10.6 Å². The summed E-state index contributed by atoms with van der Waals surface area (Å²) in [5, 5.41) is 14.7. The molecule has 0 radical (unpaired) electrons. The van der Waals surface area contributed by atoms with Gasteiger partial charge < -0.3 is 10.6 Å². The molecule has 1 heterocycles. The van der Waals surface area contributed by atoms with Crippen molar-refractivity contribution in [2.24, 2.45) is 0 Å². The summed E-state index contributed by atoms with van der Waals surface area (Å²) in [4.78, 5) is 12.4. The van der Waals surface area contributed by atoms with E-state index >= 15 is 0 Å². The van der Waals surface area contributed by atoms with Crippen LogP contribution in [-0.2, 0) is 21.2 Å². The van der Waals surface area contributed by atoms with Crippen molar-refractivity contribution in [3.63, 3.8) is 0 Å². The quantitative estimate of drug-likeness (QED) is 0.563. The zero-order valence-corrected chi connectivity index (χ0v) is 18.6. The number of rotatable bonds is 9. The van der Waals surface area contributed by atoms with E-state index in [0.29, 0.717) is 38.3 Å². The van der Waals surface area contributed by atoms with Gasteiger partial charge in [-0.3, -0.25) is 4.79 Å². The van der Waals surface area contributed by atoms with Crippen LogP contribution in [0.25, 0.3) is 0 Å². The Morgan fingerprint density at radius 2 is 1.78 bits per heavy atom. The Kier molecular flexibility index (Phi) is 8.20. The molecule has 0 bridgehead atoms. The lowest BCUT2D eigenvalue weighted by Crippen LogP contribution is -2.35. The molecular weight excluding hydrogens is 431 g/mol. The van der Waals surface area contributed by atoms with Gasteiger partial charge in [-0.2, -0.15) is 9.57 Å². The van der Waals surface area contributed by atoms with Gasteiger partial charge in [0, 0.05) is 32.6 Å². The summed E-state index contributed by atoms with van der Waals surface area (Å²) in [6.07, 6.45) is 3.61. The number of sulfonamides is 1. The van der Waals surface area contributed by atoms with Gasteiger partial charge >= 0.3 is 0 Å². The number of benzene rings is 2. The lowest BCUT2D eigenvalue weighted by Gasteiger charge is -2.25. The van der Waals surface area contributed by atoms with Crippen LogP contribution in [0.3, 0.4) is 0 Å². The van der Waals surface area contributed by atoms with Crippen molar-refractivity contribution in [3.8, 4) is 6.07 Å². The number of hydrogen-bond acceptors (Lipinski definition) is 5. The van der Waals surface area contributed by atoms with Gasteiger partial charge in [0.25, 0.3) is 0 Å². The molecule has 0 aromatic heterocycles. The molecule has 0 spiro atoms. The van der Waals surface area contributed by atoms with Crippen LogP contribution in [-0.4, -0.2) is 44.8 Å². The summed E-state index contributed by atoms with van der Waals surface area (Å²) in [5.41, 5.74) is 1.22. The predicted octanol–water partition coefficient (Wildman–Crippen LogP) is 3.03. The maximum Gasteiger partial charge on any atom is 0.243 e. The van der Waals surface area contributed by atoms with Gasteiger partial charge in [0.05, 0.1) is 10.6 Å². The summed E-state index contributed by atoms with van der Waals surface area (Å²) in [7, 11) is -3.45. The first-order valence-corrected chi connectivity index (χ1v) is 12.1. The molecule has 1 fully saturated rings. The molecule has 0 saturated carbocycles. The third kappa shape index (κ3) is 6.05. The highest BCUT2D eigenvalue weighted by Crippen LogP contribution is 2.21. The number of nitrogens with one attached hydrogen (secondary N) is 2. The highest BCUT2D eigenvalue weighted by Gasteiger charge is 2.25. The largest absolute Gasteiger partial charge is 0.382 e. The molecular formula is C23H27FN4O3S. The molecule has 170 valence electrons. The summed E-state index contributed by atoms with van der Waals surface area (Å²) in [5.74, 6) is -0.729. The number of carbonyl (C=O) groups excluding carboxylic acids is 1. The minimum atomic E-state index is -3.45. The first-order chi connectivity index (χ1) is 15.4. The van der Waals surface area contributed by atoms with Gasteiger partial charge in [-0.15, -0.1) is 0 Å². The van der Waals surface area contributed by atoms with E-state index in [1.54, 1.807) is 30.3 Å². The number of amides is 1. The zero-order chi connectivity index (χ0) is 23.0. The molecule has 7 nitrogen and oxygen atoms in total. The van der Waals surface area contributed by atoms with Crippen molar-refractivity contribution >= 4 is 21.6 Å². The molecule has 1 aliphatic rings. The molecule has 2 aromatic carbocycles. The average molecular weight is 459 g/mol. The first kappa shape index (κ1) is 23.7. The van der Waals surface area contributed by atoms with Crippen LogP contribution in [0.2, 0.25) is 0 Å². The topological polar surface area (TPSA) is 102 Å². The number of aryl methyl sites for hydroxylation is 1. The van der Waals surface area contributed by atoms with Gasteiger partial charge in [-0.05, 0) is 49.1 Å². The van der Waals surface area contributed by atoms with E-state index in [0.717, 1.165) is 24.8 Å². The Morgan fingerprint density at radius 3 is 2.47 bits per heavy atom. The lowest BCUT2D eigenvalue weighted by molar-refractivity contribution is -0.120. The van der Waals surface area contributed by atoms with E-state index in [1.165, 1.54) is 16.4 Å². The van der Waals surface area contributed by atoms with Crippen LogP contribution >= 0.6 is 0 Å². The standard InChI is InChI=1S/C23H27FN4O3S/c24-21-5-4-6-22(20(21)17-25)26-13-14-27-23(29)12-9-18-7-10-19(11-8-18)32(30,31)28-15-2-1-3-16-28/h4-8,10-11,26H,1-3,9,12-16H2,(H,27,29). The second-order valence-corrected chi connectivity index (χ2v) is 9.60. The molecule has 2 aromatic rings. The van der Waals surface area contributed by atoms with Gasteiger partial charge in [0.15, 0.2) is 0 Å². The van der Waals surface area contributed by atoms with E-state index in [4.69, 9.17) is 5.26 Å². The summed E-state index contributed by atoms with van der Waals surface area (Å²) in [6, 6.07) is 12.9. The normalized spacial score (nSPS) is 14.5. The van der Waals surface area contributed by atoms with E-state index < -0.39 is 15.8 Å². The van der Waals surface area contributed by atoms with Gasteiger partial charge in [-0.25, -0.2) is 12.8 Å². The van der Waals surface area contributed by atoms with Gasteiger partial charge in [0.1, 0.15) is 17.4 Å². The first-order valence-electron chi connectivity index (χ1n) is 10.7. The van der Waals surface area contributed by atoms with Crippen LogP contribution in [0.5, 0.6) is 0 Å². The molecule has 9 heteroatoms. The molecule has 1 aliphatic heterocycles. The second kappa shape index (κ2) is 11.1. The minimum absolute atomic E-state index is 0.0513. The Bertz CT molecular complexity index is 1080. The lowest BCUT2D eigenvalue weighted by atomic mass is 10.1. The van der Waals surface area contributed by atoms with Crippen molar-refractivity contribution in [2.75, 3.05) is 31.5 Å². The van der Waals surface area contributed by atoms with E-state index in [1.807, 2.05) is 6.07 Å². The maximum absolute atomic E-state index is 13.6. The molecule has 0 aliphatic carbocycles. The summed E-state index contributed by atoms with van der Waals surface area (Å²) in [6.45, 7) is 1.81. The maximum atomic E-state index is 13.6. The fourth-order valence-corrected chi connectivity index (χ4v) is 5.13. The summed E-state index contributed by atoms with van der Waals surface area (Å²) < 4.78 is 40.5. The number of hydrogen-bond donors (Lipinski definition) is 2. The molecule has 1 amide bonds. The number of anilines is 1. The van der Waals surface area contributed by atoms with Crippen LogP contribution in [0.15, 0.2) is 47.4 Å². The van der Waals surface area contributed by atoms with Crippen LogP contribution in [0, 0.1) is 17.1 Å². The fraction of sp³-hybridized carbons (Fsp3) is 0.391. The van der Waals surface area contributed by atoms with Crippen molar-refractivity contribution in [3.05, 3.63) is 59.4 Å². The average Bonchev–Trinajstić information content (AvgIpc) is 2.81. The highest BCUT2D eigenvalue weighted by molar-refractivity contribution is 7.89. The van der Waals surface area contributed by atoms with E-state index in [-0.39, 0.29) is 22.8 Å². The van der Waals surface area contributed by atoms with Crippen molar-refractivity contribution in [2.45, 2.75) is 37.0 Å². The van der Waals surface area contributed by atoms with Crippen molar-refractivity contribution in [1.29, 1.82) is 5.26 Å². The smallest absolute Gasteiger partial charge is 0.243 e. The molecule has 0 atom stereocenters.